The predicted octanol–water partition coefficient (Wildman–Crippen LogP) is 2.62. The van der Waals surface area contributed by atoms with Crippen LogP contribution < -0.4 is 24.8 Å². The lowest BCUT2D eigenvalue weighted by Gasteiger charge is -2.11. The Bertz CT molecular complexity index is 759. The first-order valence-electron chi connectivity index (χ1n) is 8.57. The van der Waals surface area contributed by atoms with Gasteiger partial charge in [-0.15, -0.1) is 0 Å². The van der Waals surface area contributed by atoms with Gasteiger partial charge in [0.1, 0.15) is 5.75 Å². The fourth-order valence-electron chi connectivity index (χ4n) is 2.21. The van der Waals surface area contributed by atoms with E-state index in [1.165, 1.54) is 7.11 Å². The molecule has 0 unspecified atom stereocenters. The number of ether oxygens (including phenoxy) is 3. The van der Waals surface area contributed by atoms with Crippen molar-refractivity contribution in [2.75, 3.05) is 25.6 Å². The third kappa shape index (κ3) is 6.89. The Balaban J connectivity index is 1.74. The van der Waals surface area contributed by atoms with Gasteiger partial charge in [-0.1, -0.05) is 12.1 Å². The van der Waals surface area contributed by atoms with E-state index in [9.17, 15) is 9.59 Å². The second-order valence-electron chi connectivity index (χ2n) is 5.96. The highest BCUT2D eigenvalue weighted by Crippen LogP contribution is 2.25. The Hall–Kier alpha value is -3.22. The molecule has 0 aromatic heterocycles. The van der Waals surface area contributed by atoms with E-state index in [4.69, 9.17) is 14.2 Å². The largest absolute Gasteiger partial charge is 0.493 e. The van der Waals surface area contributed by atoms with E-state index in [0.717, 1.165) is 5.75 Å². The van der Waals surface area contributed by atoms with Gasteiger partial charge in [0.2, 0.25) is 5.91 Å². The highest BCUT2D eigenvalue weighted by molar-refractivity contribution is 5.94. The molecule has 7 nitrogen and oxygen atoms in total. The molecule has 0 aliphatic heterocycles. The average Bonchev–Trinajstić information content (AvgIpc) is 2.66. The number of carbonyl (C=O) groups is 2. The summed E-state index contributed by atoms with van der Waals surface area (Å²) in [4.78, 5) is 23.8. The van der Waals surface area contributed by atoms with E-state index >= 15 is 0 Å². The number of anilines is 1. The minimum Gasteiger partial charge on any atom is -0.493 e. The lowest BCUT2D eigenvalue weighted by Crippen LogP contribution is -2.35. The summed E-state index contributed by atoms with van der Waals surface area (Å²) in [5, 5.41) is 5.21. The number of rotatable bonds is 9. The number of hydrogen-bond acceptors (Lipinski definition) is 5. The number of carbonyl (C=O) groups excluding carboxylic acids is 2. The van der Waals surface area contributed by atoms with Gasteiger partial charge >= 0.3 is 0 Å². The Kier molecular flexibility index (Phi) is 7.49. The molecule has 0 fully saturated rings. The van der Waals surface area contributed by atoms with E-state index in [1.54, 1.807) is 48.5 Å². The van der Waals surface area contributed by atoms with Gasteiger partial charge in [-0.3, -0.25) is 9.59 Å². The molecule has 2 aromatic carbocycles. The van der Waals surface area contributed by atoms with Crippen LogP contribution in [0.1, 0.15) is 13.8 Å². The van der Waals surface area contributed by atoms with Crippen LogP contribution in [-0.2, 0) is 9.59 Å². The third-order valence-electron chi connectivity index (χ3n) is 3.38. The Morgan fingerprint density at radius 2 is 1.63 bits per heavy atom. The van der Waals surface area contributed by atoms with Crippen molar-refractivity contribution in [2.45, 2.75) is 20.0 Å². The van der Waals surface area contributed by atoms with Crippen LogP contribution in [0.5, 0.6) is 17.2 Å². The predicted molar refractivity (Wildman–Crippen MR) is 102 cm³/mol. The van der Waals surface area contributed by atoms with Crippen molar-refractivity contribution >= 4 is 17.5 Å². The summed E-state index contributed by atoms with van der Waals surface area (Å²) in [5.41, 5.74) is 0.621. The molecule has 0 spiro atoms. The quantitative estimate of drug-likeness (QED) is 0.707. The summed E-state index contributed by atoms with van der Waals surface area (Å²) in [6.07, 6.45) is 0.0822. The van der Waals surface area contributed by atoms with E-state index in [0.29, 0.717) is 17.2 Å². The minimum absolute atomic E-state index is 0.0822. The van der Waals surface area contributed by atoms with Gasteiger partial charge in [-0.2, -0.15) is 0 Å². The van der Waals surface area contributed by atoms with Gasteiger partial charge < -0.3 is 24.8 Å². The number of para-hydroxylation sites is 2. The molecule has 2 rings (SSSR count). The van der Waals surface area contributed by atoms with Crippen LogP contribution in [0.2, 0.25) is 0 Å². The van der Waals surface area contributed by atoms with Gasteiger partial charge in [-0.05, 0) is 50.2 Å². The number of methoxy groups -OCH3 is 1. The second kappa shape index (κ2) is 10.1. The molecule has 0 bridgehead atoms. The summed E-state index contributed by atoms with van der Waals surface area (Å²) in [5.74, 6) is 0.982. The van der Waals surface area contributed by atoms with Crippen molar-refractivity contribution < 1.29 is 23.8 Å². The van der Waals surface area contributed by atoms with Crippen molar-refractivity contribution in [3.8, 4) is 17.2 Å². The van der Waals surface area contributed by atoms with Crippen molar-refractivity contribution in [2.24, 2.45) is 0 Å². The molecule has 0 aliphatic carbocycles. The lowest BCUT2D eigenvalue weighted by molar-refractivity contribution is -0.125. The smallest absolute Gasteiger partial charge is 0.258 e. The second-order valence-corrected chi connectivity index (χ2v) is 5.96. The topological polar surface area (TPSA) is 85.9 Å². The van der Waals surface area contributed by atoms with Crippen LogP contribution in [0, 0.1) is 0 Å². The van der Waals surface area contributed by atoms with Crippen molar-refractivity contribution in [1.29, 1.82) is 0 Å². The normalized spacial score (nSPS) is 10.2. The molecule has 0 saturated carbocycles. The first-order valence-corrected chi connectivity index (χ1v) is 8.57. The third-order valence-corrected chi connectivity index (χ3v) is 3.38. The van der Waals surface area contributed by atoms with Crippen molar-refractivity contribution in [3.05, 3.63) is 48.5 Å². The zero-order valence-corrected chi connectivity index (χ0v) is 15.7. The summed E-state index contributed by atoms with van der Waals surface area (Å²) in [7, 11) is 1.52. The maximum Gasteiger partial charge on any atom is 0.258 e. The molecule has 0 heterocycles. The zero-order chi connectivity index (χ0) is 19.6. The Labute approximate surface area is 158 Å². The summed E-state index contributed by atoms with van der Waals surface area (Å²) < 4.78 is 16.1. The van der Waals surface area contributed by atoms with E-state index in [-0.39, 0.29) is 25.2 Å². The summed E-state index contributed by atoms with van der Waals surface area (Å²) in [6.45, 7) is 3.51. The molecular formula is C20H24N2O5. The molecule has 27 heavy (non-hydrogen) atoms. The van der Waals surface area contributed by atoms with Gasteiger partial charge in [0.25, 0.3) is 5.91 Å². The number of benzene rings is 2. The molecule has 2 aromatic rings. The Morgan fingerprint density at radius 3 is 2.26 bits per heavy atom. The number of amides is 2. The molecule has 0 radical (unpaired) electrons. The van der Waals surface area contributed by atoms with Crippen LogP contribution in [0.25, 0.3) is 0 Å². The van der Waals surface area contributed by atoms with Crippen molar-refractivity contribution in [3.63, 3.8) is 0 Å². The molecule has 0 saturated heterocycles. The number of nitrogens with one attached hydrogen (secondary N) is 2. The highest BCUT2D eigenvalue weighted by atomic mass is 16.5. The molecule has 2 amide bonds. The molecule has 0 atom stereocenters. The van der Waals surface area contributed by atoms with Crippen LogP contribution in [0.4, 0.5) is 5.69 Å². The Morgan fingerprint density at radius 1 is 0.963 bits per heavy atom. The van der Waals surface area contributed by atoms with Crippen molar-refractivity contribution in [1.82, 2.24) is 5.32 Å². The van der Waals surface area contributed by atoms with Gasteiger partial charge in [0.05, 0.1) is 19.8 Å². The zero-order valence-electron chi connectivity index (χ0n) is 15.7. The molecule has 7 heteroatoms. The maximum absolute atomic E-state index is 11.9. The average molecular weight is 372 g/mol. The van der Waals surface area contributed by atoms with Crippen LogP contribution >= 0.6 is 0 Å². The highest BCUT2D eigenvalue weighted by Gasteiger charge is 2.09. The summed E-state index contributed by atoms with van der Waals surface area (Å²) >= 11 is 0. The van der Waals surface area contributed by atoms with Crippen LogP contribution in [-0.4, -0.2) is 38.2 Å². The van der Waals surface area contributed by atoms with E-state index < -0.39 is 5.91 Å². The SMILES string of the molecule is COc1ccccc1OCC(=O)NCC(=O)Nc1ccc(OC(C)C)cc1. The van der Waals surface area contributed by atoms with E-state index in [1.807, 2.05) is 13.8 Å². The first kappa shape index (κ1) is 20.1. The standard InChI is InChI=1S/C20H24N2O5/c1-14(2)27-16-10-8-15(9-11-16)22-19(23)12-21-20(24)13-26-18-7-5-4-6-17(18)25-3/h4-11,14H,12-13H2,1-3H3,(H,21,24)(H,22,23). The molecular weight excluding hydrogens is 348 g/mol. The van der Waals surface area contributed by atoms with Gasteiger partial charge in [0.15, 0.2) is 18.1 Å². The minimum atomic E-state index is -0.406. The monoisotopic (exact) mass is 372 g/mol. The van der Waals surface area contributed by atoms with Gasteiger partial charge in [0, 0.05) is 5.69 Å². The number of hydrogen-bond donors (Lipinski definition) is 2. The molecule has 0 aliphatic rings. The molecule has 2 N–H and O–H groups in total. The summed E-state index contributed by atoms with van der Waals surface area (Å²) in [6, 6.07) is 14.0. The maximum atomic E-state index is 11.9. The van der Waals surface area contributed by atoms with Crippen LogP contribution in [0.3, 0.4) is 0 Å². The fourth-order valence-corrected chi connectivity index (χ4v) is 2.21. The van der Waals surface area contributed by atoms with Crippen LogP contribution in [0.15, 0.2) is 48.5 Å². The first-order chi connectivity index (χ1) is 13.0. The fraction of sp³-hybridized carbons (Fsp3) is 0.300. The molecule has 144 valence electrons. The lowest BCUT2D eigenvalue weighted by atomic mass is 10.3. The van der Waals surface area contributed by atoms with Gasteiger partial charge in [-0.25, -0.2) is 0 Å². The van der Waals surface area contributed by atoms with E-state index in [2.05, 4.69) is 10.6 Å².